The number of rotatable bonds is 5. The van der Waals surface area contributed by atoms with Crippen molar-refractivity contribution in [2.75, 3.05) is 5.32 Å². The van der Waals surface area contributed by atoms with Crippen molar-refractivity contribution in [3.05, 3.63) is 76.5 Å². The molecule has 120 valence electrons. The van der Waals surface area contributed by atoms with Crippen LogP contribution in [0.2, 0.25) is 0 Å². The predicted molar refractivity (Wildman–Crippen MR) is 98.3 cm³/mol. The summed E-state index contributed by atoms with van der Waals surface area (Å²) in [6, 6.07) is 12.1. The zero-order chi connectivity index (χ0) is 17.0. The van der Waals surface area contributed by atoms with Crippen LogP contribution in [0.5, 0.6) is 0 Å². The maximum absolute atomic E-state index is 12.2. The predicted octanol–water partition coefficient (Wildman–Crippen LogP) is 5.54. The number of carbonyl (C=O) groups excluding carboxylic acids is 1. The highest BCUT2D eigenvalue weighted by atomic mass is 16.1. The fourth-order valence-corrected chi connectivity index (χ4v) is 2.74. The minimum absolute atomic E-state index is 0.00947. The zero-order valence-corrected chi connectivity index (χ0v) is 14.6. The van der Waals surface area contributed by atoms with Gasteiger partial charge in [0, 0.05) is 23.5 Å². The first-order valence-electron chi connectivity index (χ1n) is 8.03. The summed E-state index contributed by atoms with van der Waals surface area (Å²) in [7, 11) is 0. The molecule has 0 saturated heterocycles. The van der Waals surface area contributed by atoms with Crippen LogP contribution in [0.15, 0.2) is 48.7 Å². The quantitative estimate of drug-likeness (QED) is 0.580. The van der Waals surface area contributed by atoms with Crippen LogP contribution in [-0.4, -0.2) is 5.78 Å². The lowest BCUT2D eigenvalue weighted by Gasteiger charge is -2.10. The van der Waals surface area contributed by atoms with Crippen molar-refractivity contribution in [3.63, 3.8) is 0 Å². The Balaban J connectivity index is 2.07. The van der Waals surface area contributed by atoms with Gasteiger partial charge in [0.05, 0.1) is 0 Å². The Morgan fingerprint density at radius 2 is 1.57 bits per heavy atom. The van der Waals surface area contributed by atoms with Gasteiger partial charge in [-0.25, -0.2) is 0 Å². The van der Waals surface area contributed by atoms with E-state index in [2.05, 4.69) is 52.1 Å². The Kier molecular flexibility index (Phi) is 5.38. The van der Waals surface area contributed by atoms with Crippen LogP contribution in [0.3, 0.4) is 0 Å². The highest BCUT2D eigenvalue weighted by molar-refractivity contribution is 6.04. The van der Waals surface area contributed by atoms with Crippen LogP contribution in [0.25, 0.3) is 0 Å². The second kappa shape index (κ2) is 7.28. The summed E-state index contributed by atoms with van der Waals surface area (Å²) in [6.45, 7) is 10.5. The van der Waals surface area contributed by atoms with Crippen molar-refractivity contribution in [2.24, 2.45) is 0 Å². The van der Waals surface area contributed by atoms with E-state index in [0.29, 0.717) is 11.5 Å². The van der Waals surface area contributed by atoms with Crippen molar-refractivity contribution in [1.82, 2.24) is 0 Å². The third-order valence-corrected chi connectivity index (χ3v) is 4.00. The first-order valence-corrected chi connectivity index (χ1v) is 8.03. The zero-order valence-electron chi connectivity index (χ0n) is 14.6. The molecule has 0 bridgehead atoms. The molecule has 0 spiro atoms. The molecule has 23 heavy (non-hydrogen) atoms. The molecular formula is C21H25NO. The van der Waals surface area contributed by atoms with E-state index in [-0.39, 0.29) is 5.78 Å². The molecule has 0 fully saturated rings. The van der Waals surface area contributed by atoms with E-state index in [1.54, 1.807) is 12.3 Å². The van der Waals surface area contributed by atoms with Gasteiger partial charge in [-0.2, -0.15) is 0 Å². The summed E-state index contributed by atoms with van der Waals surface area (Å²) >= 11 is 0. The van der Waals surface area contributed by atoms with E-state index in [1.807, 2.05) is 24.3 Å². The van der Waals surface area contributed by atoms with E-state index < -0.39 is 0 Å². The van der Waals surface area contributed by atoms with Crippen LogP contribution in [-0.2, 0) is 0 Å². The maximum Gasteiger partial charge on any atom is 0.187 e. The van der Waals surface area contributed by atoms with E-state index in [1.165, 1.54) is 22.3 Å². The summed E-state index contributed by atoms with van der Waals surface area (Å²) in [5.41, 5.74) is 6.63. The second-order valence-corrected chi connectivity index (χ2v) is 6.39. The molecule has 2 rings (SSSR count). The Labute approximate surface area is 139 Å². The first-order chi connectivity index (χ1) is 10.9. The third kappa shape index (κ3) is 4.32. The van der Waals surface area contributed by atoms with Crippen LogP contribution in [0, 0.1) is 20.8 Å². The number of hydrogen-bond donors (Lipinski definition) is 1. The minimum Gasteiger partial charge on any atom is -0.361 e. The van der Waals surface area contributed by atoms with Crippen molar-refractivity contribution in [2.45, 2.75) is 40.5 Å². The smallest absolute Gasteiger partial charge is 0.187 e. The van der Waals surface area contributed by atoms with Crippen LogP contribution in [0.1, 0.15) is 52.4 Å². The maximum atomic E-state index is 12.2. The Bertz CT molecular complexity index is 701. The molecular weight excluding hydrogens is 282 g/mol. The SMILES string of the molecule is Cc1cc(C)c(NC=CC(=O)c2ccc(C(C)C)cc2)c(C)c1. The number of carbonyl (C=O) groups is 1. The fraction of sp³-hybridized carbons (Fsp3) is 0.286. The molecule has 0 saturated carbocycles. The van der Waals surface area contributed by atoms with Gasteiger partial charge in [0.2, 0.25) is 0 Å². The number of hydrogen-bond acceptors (Lipinski definition) is 2. The van der Waals surface area contributed by atoms with Gasteiger partial charge < -0.3 is 5.32 Å². The molecule has 2 aromatic carbocycles. The molecule has 0 radical (unpaired) electrons. The van der Waals surface area contributed by atoms with Gasteiger partial charge >= 0.3 is 0 Å². The van der Waals surface area contributed by atoms with Gasteiger partial charge in [0.15, 0.2) is 5.78 Å². The Morgan fingerprint density at radius 1 is 1.00 bits per heavy atom. The molecule has 1 N–H and O–H groups in total. The first kappa shape index (κ1) is 17.0. The molecule has 0 aliphatic heterocycles. The van der Waals surface area contributed by atoms with Crippen LogP contribution in [0.4, 0.5) is 5.69 Å². The number of allylic oxidation sites excluding steroid dienone is 1. The Morgan fingerprint density at radius 3 is 2.09 bits per heavy atom. The summed E-state index contributed by atoms with van der Waals surface area (Å²) in [5.74, 6) is 0.485. The summed E-state index contributed by atoms with van der Waals surface area (Å²) < 4.78 is 0. The molecule has 0 heterocycles. The molecule has 0 atom stereocenters. The van der Waals surface area contributed by atoms with E-state index in [0.717, 1.165) is 5.69 Å². The van der Waals surface area contributed by atoms with E-state index in [9.17, 15) is 4.79 Å². The molecule has 0 unspecified atom stereocenters. The summed E-state index contributed by atoms with van der Waals surface area (Å²) in [5, 5.41) is 3.24. The normalized spacial score (nSPS) is 11.2. The van der Waals surface area contributed by atoms with Gasteiger partial charge in [-0.3, -0.25) is 4.79 Å². The molecule has 0 aliphatic carbocycles. The van der Waals surface area contributed by atoms with Crippen molar-refractivity contribution in [3.8, 4) is 0 Å². The average molecular weight is 307 g/mol. The fourth-order valence-electron chi connectivity index (χ4n) is 2.74. The molecule has 0 aromatic heterocycles. The van der Waals surface area contributed by atoms with Gasteiger partial charge in [0.1, 0.15) is 0 Å². The van der Waals surface area contributed by atoms with Crippen LogP contribution >= 0.6 is 0 Å². The number of aryl methyl sites for hydroxylation is 3. The number of anilines is 1. The van der Waals surface area contributed by atoms with Gasteiger partial charge in [0.25, 0.3) is 0 Å². The van der Waals surface area contributed by atoms with Gasteiger partial charge in [-0.1, -0.05) is 55.8 Å². The highest BCUT2D eigenvalue weighted by Gasteiger charge is 2.05. The van der Waals surface area contributed by atoms with E-state index >= 15 is 0 Å². The molecule has 2 heteroatoms. The summed E-state index contributed by atoms with van der Waals surface area (Å²) in [4.78, 5) is 12.2. The number of nitrogens with one attached hydrogen (secondary N) is 1. The van der Waals surface area contributed by atoms with Crippen molar-refractivity contribution < 1.29 is 4.79 Å². The lowest BCUT2D eigenvalue weighted by Crippen LogP contribution is -1.99. The highest BCUT2D eigenvalue weighted by Crippen LogP contribution is 2.22. The van der Waals surface area contributed by atoms with E-state index in [4.69, 9.17) is 0 Å². The topological polar surface area (TPSA) is 29.1 Å². The monoisotopic (exact) mass is 307 g/mol. The van der Waals surface area contributed by atoms with Gasteiger partial charge in [-0.05, 0) is 43.4 Å². The second-order valence-electron chi connectivity index (χ2n) is 6.39. The standard InChI is InChI=1S/C21H25NO/c1-14(2)18-6-8-19(9-7-18)20(23)10-11-22-21-16(4)12-15(3)13-17(21)5/h6-14,22H,1-5H3. The molecule has 2 aromatic rings. The third-order valence-electron chi connectivity index (χ3n) is 4.00. The Hall–Kier alpha value is -2.35. The average Bonchev–Trinajstić information content (AvgIpc) is 2.49. The minimum atomic E-state index is 0.00947. The number of benzene rings is 2. The van der Waals surface area contributed by atoms with Gasteiger partial charge in [-0.15, -0.1) is 0 Å². The molecule has 2 nitrogen and oxygen atoms in total. The lowest BCUT2D eigenvalue weighted by molar-refractivity contribution is 0.104. The van der Waals surface area contributed by atoms with Crippen molar-refractivity contribution in [1.29, 1.82) is 0 Å². The van der Waals surface area contributed by atoms with Crippen LogP contribution < -0.4 is 5.32 Å². The largest absolute Gasteiger partial charge is 0.361 e. The van der Waals surface area contributed by atoms with Crippen molar-refractivity contribution >= 4 is 11.5 Å². The summed E-state index contributed by atoms with van der Waals surface area (Å²) in [6.07, 6.45) is 3.31. The molecule has 0 amide bonds. The number of ketones is 1. The molecule has 0 aliphatic rings. The lowest BCUT2D eigenvalue weighted by atomic mass is 10.0.